The molecule has 6 heteroatoms. The molecule has 1 aliphatic rings. The molecular weight excluding hydrogens is 316 g/mol. The fraction of sp³-hybridized carbons (Fsp3) is 0.250. The zero-order chi connectivity index (χ0) is 15.6. The normalized spacial score (nSPS) is 14.0. The molecule has 0 fully saturated rings. The number of fused-ring (bicyclic) bond motifs is 1. The first-order chi connectivity index (χ1) is 10.6. The van der Waals surface area contributed by atoms with E-state index in [1.165, 1.54) is 22.9 Å². The number of rotatable bonds is 5. The number of nitrogens with one attached hydrogen (secondary N) is 2. The molecule has 1 aliphatic heterocycles. The maximum absolute atomic E-state index is 12.5. The van der Waals surface area contributed by atoms with E-state index in [1.54, 1.807) is 12.1 Å². The number of thioether (sulfide) groups is 1. The van der Waals surface area contributed by atoms with Gasteiger partial charge >= 0.3 is 0 Å². The molecule has 0 saturated carbocycles. The lowest BCUT2D eigenvalue weighted by atomic mass is 10.1. The average Bonchev–Trinajstić information content (AvgIpc) is 3.00. The van der Waals surface area contributed by atoms with Crippen molar-refractivity contribution in [3.05, 3.63) is 59.2 Å². The molecule has 0 unspecified atom stereocenters. The highest BCUT2D eigenvalue weighted by Gasteiger charge is 2.18. The predicted octanol–water partition coefficient (Wildman–Crippen LogP) is 2.49. The minimum atomic E-state index is -3.50. The van der Waals surface area contributed by atoms with Crippen molar-refractivity contribution in [2.24, 2.45) is 0 Å². The van der Waals surface area contributed by atoms with Gasteiger partial charge in [-0.05, 0) is 35.1 Å². The zero-order valence-corrected chi connectivity index (χ0v) is 13.9. The van der Waals surface area contributed by atoms with Gasteiger partial charge in [0.1, 0.15) is 0 Å². The summed E-state index contributed by atoms with van der Waals surface area (Å²) in [7, 11) is -3.50. The second-order valence-electron chi connectivity index (χ2n) is 5.18. The first-order valence-electron chi connectivity index (χ1n) is 7.04. The standard InChI is InChI=1S/C16H18N2O2S2/c1-21-15-4-2-3-5-16(15)22(19,20)18-9-12-6-7-13-10-17-11-14(13)8-12/h2-8,17-18H,9-11H2,1H3. The summed E-state index contributed by atoms with van der Waals surface area (Å²) in [5, 5.41) is 3.29. The smallest absolute Gasteiger partial charge is 0.241 e. The van der Waals surface area contributed by atoms with Gasteiger partial charge in [-0.25, -0.2) is 13.1 Å². The van der Waals surface area contributed by atoms with Gasteiger partial charge < -0.3 is 5.32 Å². The quantitative estimate of drug-likeness (QED) is 0.825. The van der Waals surface area contributed by atoms with Crippen LogP contribution in [0.5, 0.6) is 0 Å². The van der Waals surface area contributed by atoms with E-state index in [0.717, 1.165) is 23.5 Å². The highest BCUT2D eigenvalue weighted by molar-refractivity contribution is 7.99. The van der Waals surface area contributed by atoms with Gasteiger partial charge in [0.2, 0.25) is 10.0 Å². The van der Waals surface area contributed by atoms with Gasteiger partial charge in [0, 0.05) is 24.5 Å². The molecule has 0 aromatic heterocycles. The van der Waals surface area contributed by atoms with Gasteiger partial charge in [-0.3, -0.25) is 0 Å². The average molecular weight is 334 g/mol. The van der Waals surface area contributed by atoms with Crippen molar-refractivity contribution < 1.29 is 8.42 Å². The van der Waals surface area contributed by atoms with Crippen molar-refractivity contribution in [2.75, 3.05) is 6.26 Å². The lowest BCUT2D eigenvalue weighted by Gasteiger charge is -2.10. The summed E-state index contributed by atoms with van der Waals surface area (Å²) >= 11 is 1.43. The molecule has 1 heterocycles. The van der Waals surface area contributed by atoms with Gasteiger partial charge in [-0.1, -0.05) is 30.3 Å². The minimum absolute atomic E-state index is 0.304. The fourth-order valence-corrected chi connectivity index (χ4v) is 4.72. The van der Waals surface area contributed by atoms with Crippen molar-refractivity contribution in [3.63, 3.8) is 0 Å². The van der Waals surface area contributed by atoms with Crippen molar-refractivity contribution in [2.45, 2.75) is 29.4 Å². The third kappa shape index (κ3) is 3.20. The first kappa shape index (κ1) is 15.6. The highest BCUT2D eigenvalue weighted by atomic mass is 32.2. The highest BCUT2D eigenvalue weighted by Crippen LogP contribution is 2.24. The van der Waals surface area contributed by atoms with E-state index in [0.29, 0.717) is 11.4 Å². The second-order valence-corrected chi connectivity index (χ2v) is 7.77. The minimum Gasteiger partial charge on any atom is -0.309 e. The summed E-state index contributed by atoms with van der Waals surface area (Å²) in [4.78, 5) is 1.10. The molecule has 116 valence electrons. The molecule has 0 spiro atoms. The second kappa shape index (κ2) is 6.42. The van der Waals surface area contributed by atoms with Crippen LogP contribution in [0.15, 0.2) is 52.3 Å². The Hall–Kier alpha value is -1.34. The van der Waals surface area contributed by atoms with Crippen molar-refractivity contribution in [3.8, 4) is 0 Å². The third-order valence-corrected chi connectivity index (χ3v) is 6.11. The van der Waals surface area contributed by atoms with E-state index in [1.807, 2.05) is 24.5 Å². The Labute approximate surface area is 135 Å². The Kier molecular flexibility index (Phi) is 4.54. The molecule has 0 radical (unpaired) electrons. The van der Waals surface area contributed by atoms with E-state index < -0.39 is 10.0 Å². The summed E-state index contributed by atoms with van der Waals surface area (Å²) in [6.07, 6.45) is 1.88. The number of benzene rings is 2. The van der Waals surface area contributed by atoms with Crippen LogP contribution in [-0.2, 0) is 29.7 Å². The van der Waals surface area contributed by atoms with Gasteiger partial charge in [-0.15, -0.1) is 11.8 Å². The van der Waals surface area contributed by atoms with Crippen molar-refractivity contribution >= 4 is 21.8 Å². The molecule has 0 atom stereocenters. The summed E-state index contributed by atoms with van der Waals surface area (Å²) in [5.41, 5.74) is 3.52. The molecule has 2 aromatic rings. The Morgan fingerprint density at radius 2 is 1.91 bits per heavy atom. The number of sulfonamides is 1. The summed E-state index contributed by atoms with van der Waals surface area (Å²) in [6.45, 7) is 2.05. The van der Waals surface area contributed by atoms with Gasteiger partial charge in [0.05, 0.1) is 4.90 Å². The maximum Gasteiger partial charge on any atom is 0.241 e. The first-order valence-corrected chi connectivity index (χ1v) is 9.75. The summed E-state index contributed by atoms with van der Waals surface area (Å²) < 4.78 is 27.7. The molecule has 0 bridgehead atoms. The van der Waals surface area contributed by atoms with Crippen LogP contribution in [0.1, 0.15) is 16.7 Å². The summed E-state index contributed by atoms with van der Waals surface area (Å²) in [6, 6.07) is 13.2. The Balaban J connectivity index is 1.78. The third-order valence-electron chi connectivity index (χ3n) is 3.73. The van der Waals surface area contributed by atoms with E-state index >= 15 is 0 Å². The number of hydrogen-bond acceptors (Lipinski definition) is 4. The van der Waals surface area contributed by atoms with Crippen molar-refractivity contribution in [1.82, 2.24) is 10.0 Å². The van der Waals surface area contributed by atoms with Crippen molar-refractivity contribution in [1.29, 1.82) is 0 Å². The van der Waals surface area contributed by atoms with Crippen LogP contribution < -0.4 is 10.0 Å². The van der Waals surface area contributed by atoms with Crippen LogP contribution in [0.25, 0.3) is 0 Å². The summed E-state index contributed by atoms with van der Waals surface area (Å²) in [5.74, 6) is 0. The molecule has 2 N–H and O–H groups in total. The van der Waals surface area contributed by atoms with Gasteiger partial charge in [0.15, 0.2) is 0 Å². The van der Waals surface area contributed by atoms with Crippen LogP contribution in [0, 0.1) is 0 Å². The zero-order valence-electron chi connectivity index (χ0n) is 12.3. The molecule has 0 aliphatic carbocycles. The molecule has 3 rings (SSSR count). The largest absolute Gasteiger partial charge is 0.309 e. The molecule has 0 saturated heterocycles. The van der Waals surface area contributed by atoms with Gasteiger partial charge in [-0.2, -0.15) is 0 Å². The Morgan fingerprint density at radius 3 is 2.73 bits per heavy atom. The molecular formula is C16H18N2O2S2. The lowest BCUT2D eigenvalue weighted by molar-refractivity contribution is 0.579. The maximum atomic E-state index is 12.5. The van der Waals surface area contributed by atoms with Crippen LogP contribution >= 0.6 is 11.8 Å². The van der Waals surface area contributed by atoms with Gasteiger partial charge in [0.25, 0.3) is 0 Å². The van der Waals surface area contributed by atoms with E-state index in [-0.39, 0.29) is 0 Å². The van der Waals surface area contributed by atoms with E-state index in [4.69, 9.17) is 0 Å². The monoisotopic (exact) mass is 334 g/mol. The SMILES string of the molecule is CSc1ccccc1S(=O)(=O)NCc1ccc2c(c1)CNC2. The molecule has 2 aromatic carbocycles. The predicted molar refractivity (Wildman–Crippen MR) is 89.2 cm³/mol. The van der Waals surface area contributed by atoms with Crippen LogP contribution in [0.3, 0.4) is 0 Å². The molecule has 22 heavy (non-hydrogen) atoms. The Bertz CT molecular complexity index is 788. The van der Waals surface area contributed by atoms with Crippen LogP contribution in [0.4, 0.5) is 0 Å². The topological polar surface area (TPSA) is 58.2 Å². The molecule has 0 amide bonds. The van der Waals surface area contributed by atoms with E-state index in [2.05, 4.69) is 22.2 Å². The number of hydrogen-bond donors (Lipinski definition) is 2. The lowest BCUT2D eigenvalue weighted by Crippen LogP contribution is -2.23. The van der Waals surface area contributed by atoms with Crippen LogP contribution in [0.2, 0.25) is 0 Å². The fourth-order valence-electron chi connectivity index (χ4n) is 2.55. The van der Waals surface area contributed by atoms with Crippen LogP contribution in [-0.4, -0.2) is 14.7 Å². The Morgan fingerprint density at radius 1 is 1.14 bits per heavy atom. The molecule has 4 nitrogen and oxygen atoms in total. The van der Waals surface area contributed by atoms with E-state index in [9.17, 15) is 8.42 Å².